The molecule has 0 N–H and O–H groups in total. The van der Waals surface area contributed by atoms with Gasteiger partial charge in [-0.2, -0.15) is 13.2 Å². The molecular formula is C18H25F3O4S. The fourth-order valence-corrected chi connectivity index (χ4v) is 3.78. The number of carbonyl (C=O) groups excluding carboxylic acids is 1. The number of carbonyl (C=O) groups is 1. The van der Waals surface area contributed by atoms with Gasteiger partial charge in [0, 0.05) is 12.8 Å². The van der Waals surface area contributed by atoms with Crippen LogP contribution in [-0.4, -0.2) is 32.1 Å². The summed E-state index contributed by atoms with van der Waals surface area (Å²) in [7, 11) is -3.44. The van der Waals surface area contributed by atoms with E-state index in [0.717, 1.165) is 5.56 Å². The molecule has 0 spiro atoms. The first-order chi connectivity index (χ1) is 12.2. The highest BCUT2D eigenvalue weighted by Gasteiger charge is 2.27. The minimum Gasteiger partial charge on any atom is -0.461 e. The Kier molecular flexibility index (Phi) is 9.69. The van der Waals surface area contributed by atoms with Gasteiger partial charge in [0.2, 0.25) is 0 Å². The number of hydrogen-bond donors (Lipinski definition) is 0. The van der Waals surface area contributed by atoms with Gasteiger partial charge in [0.1, 0.15) is 16.4 Å². The summed E-state index contributed by atoms with van der Waals surface area (Å²) < 4.78 is 64.4. The smallest absolute Gasteiger partial charge is 0.389 e. The number of benzene rings is 1. The fourth-order valence-electron chi connectivity index (χ4n) is 2.35. The molecule has 0 heterocycles. The number of esters is 1. The summed E-state index contributed by atoms with van der Waals surface area (Å²) in [5, 5.41) is 0. The molecule has 8 heteroatoms. The van der Waals surface area contributed by atoms with Crippen LogP contribution in [0.1, 0.15) is 50.5 Å². The van der Waals surface area contributed by atoms with Crippen molar-refractivity contribution in [3.63, 3.8) is 0 Å². The Hall–Kier alpha value is -1.57. The summed E-state index contributed by atoms with van der Waals surface area (Å²) in [6.07, 6.45) is -3.22. The van der Waals surface area contributed by atoms with Gasteiger partial charge in [-0.05, 0) is 24.8 Å². The summed E-state index contributed by atoms with van der Waals surface area (Å²) in [6.45, 7) is 0.232. The maximum Gasteiger partial charge on any atom is 0.389 e. The van der Waals surface area contributed by atoms with Gasteiger partial charge in [-0.15, -0.1) is 0 Å². The van der Waals surface area contributed by atoms with E-state index in [2.05, 4.69) is 0 Å². The second-order valence-corrected chi connectivity index (χ2v) is 8.48. The van der Waals surface area contributed by atoms with Gasteiger partial charge >= 0.3 is 12.1 Å². The molecule has 0 aromatic heterocycles. The van der Waals surface area contributed by atoms with Crippen molar-refractivity contribution in [3.8, 4) is 0 Å². The van der Waals surface area contributed by atoms with Crippen LogP contribution >= 0.6 is 0 Å². The number of alkyl halides is 3. The Morgan fingerprint density at radius 1 is 0.923 bits per heavy atom. The third-order valence-corrected chi connectivity index (χ3v) is 5.57. The molecular weight excluding hydrogens is 369 g/mol. The molecule has 0 saturated heterocycles. The van der Waals surface area contributed by atoms with Crippen LogP contribution in [0.15, 0.2) is 30.3 Å². The lowest BCUT2D eigenvalue weighted by molar-refractivity contribution is -0.145. The van der Waals surface area contributed by atoms with Crippen molar-refractivity contribution in [1.82, 2.24) is 0 Å². The van der Waals surface area contributed by atoms with E-state index in [0.29, 0.717) is 25.7 Å². The van der Waals surface area contributed by atoms with Crippen molar-refractivity contribution >= 4 is 15.8 Å². The number of hydrogen-bond acceptors (Lipinski definition) is 4. The van der Waals surface area contributed by atoms with Crippen molar-refractivity contribution in [3.05, 3.63) is 35.9 Å². The highest BCUT2D eigenvalue weighted by atomic mass is 32.2. The van der Waals surface area contributed by atoms with Crippen LogP contribution in [0.4, 0.5) is 13.2 Å². The Labute approximate surface area is 152 Å². The van der Waals surface area contributed by atoms with E-state index in [4.69, 9.17) is 4.74 Å². The van der Waals surface area contributed by atoms with E-state index in [9.17, 15) is 26.4 Å². The first kappa shape index (κ1) is 22.5. The van der Waals surface area contributed by atoms with E-state index in [1.54, 1.807) is 0 Å². The van der Waals surface area contributed by atoms with Crippen molar-refractivity contribution in [1.29, 1.82) is 0 Å². The quantitative estimate of drug-likeness (QED) is 0.388. The van der Waals surface area contributed by atoms with Crippen LogP contribution < -0.4 is 0 Å². The summed E-state index contributed by atoms with van der Waals surface area (Å²) in [5.41, 5.74) is 0.913. The molecule has 0 fully saturated rings. The fraction of sp³-hybridized carbons (Fsp3) is 0.611. The first-order valence-corrected chi connectivity index (χ1v) is 10.5. The van der Waals surface area contributed by atoms with Gasteiger partial charge in [-0.25, -0.2) is 8.42 Å². The van der Waals surface area contributed by atoms with E-state index in [-0.39, 0.29) is 31.2 Å². The molecule has 1 aromatic rings. The van der Waals surface area contributed by atoms with Gasteiger partial charge in [0.25, 0.3) is 0 Å². The number of unbranched alkanes of at least 4 members (excludes halogenated alkanes) is 3. The molecule has 148 valence electrons. The molecule has 0 aliphatic rings. The summed E-state index contributed by atoms with van der Waals surface area (Å²) in [5.74, 6) is -0.838. The van der Waals surface area contributed by atoms with Crippen LogP contribution in [0.3, 0.4) is 0 Å². The van der Waals surface area contributed by atoms with Crippen LogP contribution in [0.25, 0.3) is 0 Å². The highest BCUT2D eigenvalue weighted by molar-refractivity contribution is 7.91. The number of halogens is 3. The van der Waals surface area contributed by atoms with Crippen LogP contribution in [0.2, 0.25) is 0 Å². The Morgan fingerprint density at radius 2 is 1.54 bits per heavy atom. The Morgan fingerprint density at radius 3 is 2.19 bits per heavy atom. The maximum absolute atomic E-state index is 12.0. The molecule has 26 heavy (non-hydrogen) atoms. The largest absolute Gasteiger partial charge is 0.461 e. The standard InChI is InChI=1S/C18H25F3O4S/c19-18(20,21)12-8-14-26(23,24)13-7-2-1-6-11-17(22)25-15-16-9-4-3-5-10-16/h3-5,9-10H,1-2,6-8,11-15H2. The summed E-state index contributed by atoms with van der Waals surface area (Å²) in [6, 6.07) is 9.33. The maximum atomic E-state index is 12.0. The van der Waals surface area contributed by atoms with Crippen LogP contribution in [-0.2, 0) is 26.0 Å². The second kappa shape index (κ2) is 11.2. The molecule has 0 aliphatic carbocycles. The molecule has 0 bridgehead atoms. The average Bonchev–Trinajstić information content (AvgIpc) is 2.55. The van der Waals surface area contributed by atoms with Crippen LogP contribution in [0, 0.1) is 0 Å². The molecule has 1 rings (SSSR count). The molecule has 0 aliphatic heterocycles. The van der Waals surface area contributed by atoms with Gasteiger partial charge in [0.15, 0.2) is 0 Å². The normalized spacial score (nSPS) is 12.1. The van der Waals surface area contributed by atoms with Gasteiger partial charge < -0.3 is 4.74 Å². The van der Waals surface area contributed by atoms with E-state index < -0.39 is 28.2 Å². The Bertz CT molecular complexity index is 628. The topological polar surface area (TPSA) is 60.4 Å². The molecule has 0 amide bonds. The molecule has 0 unspecified atom stereocenters. The zero-order valence-corrected chi connectivity index (χ0v) is 15.4. The zero-order chi connectivity index (χ0) is 19.5. The third kappa shape index (κ3) is 11.9. The van der Waals surface area contributed by atoms with Crippen molar-refractivity contribution in [2.75, 3.05) is 11.5 Å². The molecule has 1 aromatic carbocycles. The second-order valence-electron chi connectivity index (χ2n) is 6.18. The number of sulfone groups is 1. The van der Waals surface area contributed by atoms with Gasteiger partial charge in [0.05, 0.1) is 11.5 Å². The summed E-state index contributed by atoms with van der Waals surface area (Å²) in [4.78, 5) is 11.6. The molecule has 0 radical (unpaired) electrons. The van der Waals surface area contributed by atoms with Crippen molar-refractivity contribution in [2.24, 2.45) is 0 Å². The van der Waals surface area contributed by atoms with Crippen molar-refractivity contribution in [2.45, 2.75) is 57.7 Å². The van der Waals surface area contributed by atoms with Gasteiger partial charge in [-0.1, -0.05) is 43.2 Å². The van der Waals surface area contributed by atoms with E-state index >= 15 is 0 Å². The number of rotatable bonds is 12. The first-order valence-electron chi connectivity index (χ1n) is 8.65. The predicted molar refractivity (Wildman–Crippen MR) is 93.3 cm³/mol. The van der Waals surface area contributed by atoms with Crippen molar-refractivity contribution < 1.29 is 31.1 Å². The molecule has 4 nitrogen and oxygen atoms in total. The Balaban J connectivity index is 2.05. The number of ether oxygens (including phenoxy) is 1. The monoisotopic (exact) mass is 394 g/mol. The van der Waals surface area contributed by atoms with E-state index in [1.165, 1.54) is 0 Å². The SMILES string of the molecule is O=C(CCCCCCS(=O)(=O)CCCC(F)(F)F)OCc1ccccc1. The van der Waals surface area contributed by atoms with Gasteiger partial charge in [-0.3, -0.25) is 4.79 Å². The zero-order valence-electron chi connectivity index (χ0n) is 14.6. The lowest BCUT2D eigenvalue weighted by Crippen LogP contribution is -2.15. The summed E-state index contributed by atoms with van der Waals surface area (Å²) >= 11 is 0. The third-order valence-electron chi connectivity index (χ3n) is 3.74. The van der Waals surface area contributed by atoms with Crippen LogP contribution in [0.5, 0.6) is 0 Å². The predicted octanol–water partition coefficient (Wildman–Crippen LogP) is 4.44. The molecule has 0 saturated carbocycles. The minimum atomic E-state index is -4.31. The average molecular weight is 394 g/mol. The van der Waals surface area contributed by atoms with E-state index in [1.807, 2.05) is 30.3 Å². The highest BCUT2D eigenvalue weighted by Crippen LogP contribution is 2.21. The lowest BCUT2D eigenvalue weighted by Gasteiger charge is -2.07. The minimum absolute atomic E-state index is 0.108. The molecule has 0 atom stereocenters. The lowest BCUT2D eigenvalue weighted by atomic mass is 10.1.